The van der Waals surface area contributed by atoms with Gasteiger partial charge in [-0.15, -0.1) is 0 Å². The lowest BCUT2D eigenvalue weighted by Crippen LogP contribution is -2.33. The summed E-state index contributed by atoms with van der Waals surface area (Å²) in [4.78, 5) is 11.1. The highest BCUT2D eigenvalue weighted by Gasteiger charge is 2.24. The lowest BCUT2D eigenvalue weighted by molar-refractivity contribution is 0.613. The fourth-order valence-electron chi connectivity index (χ4n) is 2.83. The molecule has 0 bridgehead atoms. The van der Waals surface area contributed by atoms with Crippen molar-refractivity contribution in [2.24, 2.45) is 5.92 Å². The first-order chi connectivity index (χ1) is 9.63. The van der Waals surface area contributed by atoms with E-state index in [-0.39, 0.29) is 0 Å². The Morgan fingerprint density at radius 1 is 1.40 bits per heavy atom. The van der Waals surface area contributed by atoms with Crippen molar-refractivity contribution in [1.82, 2.24) is 20.2 Å². The summed E-state index contributed by atoms with van der Waals surface area (Å²) in [5, 5.41) is 7.26. The smallest absolute Gasteiger partial charge is 0.132 e. The minimum atomic E-state index is 0.449. The van der Waals surface area contributed by atoms with Crippen LogP contribution in [-0.4, -0.2) is 26.7 Å². The molecule has 0 aromatic carbocycles. The lowest BCUT2D eigenvalue weighted by Gasteiger charge is -2.31. The molecule has 2 aromatic rings. The summed E-state index contributed by atoms with van der Waals surface area (Å²) >= 11 is 0. The average Bonchev–Trinajstić information content (AvgIpc) is 2.87. The second-order valence-electron chi connectivity index (χ2n) is 6.06. The van der Waals surface area contributed by atoms with Gasteiger partial charge in [-0.3, -0.25) is 5.10 Å². The van der Waals surface area contributed by atoms with Gasteiger partial charge >= 0.3 is 0 Å². The highest BCUT2D eigenvalue weighted by molar-refractivity contribution is 5.44. The first kappa shape index (κ1) is 13.1. The number of rotatable bonds is 3. The molecule has 1 atom stereocenters. The highest BCUT2D eigenvalue weighted by Crippen LogP contribution is 2.28. The standard InChI is InChI=1S/C15H21N5/c1-10(2)4-13-5-14(17-9-16-13)20-7-11(3)15-12(8-20)6-18-19-15/h5-6,9-11H,4,7-8H2,1-3H3,(H,18,19)/t11-/m0/s1. The summed E-state index contributed by atoms with van der Waals surface area (Å²) in [6.45, 7) is 8.48. The maximum Gasteiger partial charge on any atom is 0.132 e. The Labute approximate surface area is 119 Å². The summed E-state index contributed by atoms with van der Waals surface area (Å²) in [7, 11) is 0. The van der Waals surface area contributed by atoms with Crippen molar-refractivity contribution < 1.29 is 0 Å². The Kier molecular flexibility index (Phi) is 3.42. The van der Waals surface area contributed by atoms with E-state index < -0.39 is 0 Å². The molecule has 3 rings (SSSR count). The maximum atomic E-state index is 4.45. The van der Waals surface area contributed by atoms with Crippen molar-refractivity contribution in [3.8, 4) is 0 Å². The van der Waals surface area contributed by atoms with E-state index in [0.717, 1.165) is 31.0 Å². The second kappa shape index (κ2) is 5.23. The molecule has 3 heterocycles. The number of fused-ring (bicyclic) bond motifs is 1. The molecule has 5 heteroatoms. The molecule has 0 saturated carbocycles. The van der Waals surface area contributed by atoms with Crippen molar-refractivity contribution in [1.29, 1.82) is 0 Å². The number of hydrogen-bond donors (Lipinski definition) is 1. The van der Waals surface area contributed by atoms with Crippen LogP contribution in [0.4, 0.5) is 5.82 Å². The van der Waals surface area contributed by atoms with Gasteiger partial charge in [0.05, 0.1) is 6.20 Å². The summed E-state index contributed by atoms with van der Waals surface area (Å²) < 4.78 is 0. The number of nitrogens with one attached hydrogen (secondary N) is 1. The third-order valence-electron chi connectivity index (χ3n) is 3.75. The predicted octanol–water partition coefficient (Wildman–Crippen LogP) is 2.52. The minimum absolute atomic E-state index is 0.449. The average molecular weight is 271 g/mol. The van der Waals surface area contributed by atoms with Crippen LogP contribution in [0.3, 0.4) is 0 Å². The van der Waals surface area contributed by atoms with Gasteiger partial charge in [0.25, 0.3) is 0 Å². The molecular formula is C15H21N5. The number of hydrogen-bond acceptors (Lipinski definition) is 4. The van der Waals surface area contributed by atoms with Crippen molar-refractivity contribution in [2.75, 3.05) is 11.4 Å². The summed E-state index contributed by atoms with van der Waals surface area (Å²) in [5.74, 6) is 2.08. The van der Waals surface area contributed by atoms with E-state index in [1.165, 1.54) is 11.3 Å². The molecule has 0 unspecified atom stereocenters. The fraction of sp³-hybridized carbons (Fsp3) is 0.533. The van der Waals surface area contributed by atoms with E-state index in [1.54, 1.807) is 6.33 Å². The SMILES string of the molecule is CC(C)Cc1cc(N2Cc3cn[nH]c3[C@@H](C)C2)ncn1. The molecule has 0 spiro atoms. The molecule has 106 valence electrons. The zero-order chi connectivity index (χ0) is 14.1. The van der Waals surface area contributed by atoms with Crippen LogP contribution in [0.15, 0.2) is 18.6 Å². The highest BCUT2D eigenvalue weighted by atomic mass is 15.2. The van der Waals surface area contributed by atoms with Crippen molar-refractivity contribution in [3.05, 3.63) is 35.5 Å². The quantitative estimate of drug-likeness (QED) is 0.932. The van der Waals surface area contributed by atoms with Crippen LogP contribution in [0.5, 0.6) is 0 Å². The first-order valence-corrected chi connectivity index (χ1v) is 7.21. The monoisotopic (exact) mass is 271 g/mol. The van der Waals surface area contributed by atoms with Gasteiger partial charge in [0, 0.05) is 42.0 Å². The number of H-pyrrole nitrogens is 1. The molecule has 5 nitrogen and oxygen atoms in total. The Balaban J connectivity index is 1.84. The van der Waals surface area contributed by atoms with Gasteiger partial charge in [-0.2, -0.15) is 5.10 Å². The lowest BCUT2D eigenvalue weighted by atomic mass is 9.98. The molecule has 0 amide bonds. The van der Waals surface area contributed by atoms with E-state index in [9.17, 15) is 0 Å². The topological polar surface area (TPSA) is 57.7 Å². The molecule has 0 radical (unpaired) electrons. The molecule has 0 fully saturated rings. The van der Waals surface area contributed by atoms with Gasteiger partial charge < -0.3 is 4.90 Å². The van der Waals surface area contributed by atoms with E-state index >= 15 is 0 Å². The van der Waals surface area contributed by atoms with Gasteiger partial charge in [-0.05, 0) is 12.3 Å². The molecule has 1 aliphatic heterocycles. The first-order valence-electron chi connectivity index (χ1n) is 7.21. The van der Waals surface area contributed by atoms with Gasteiger partial charge in [0.15, 0.2) is 0 Å². The molecule has 20 heavy (non-hydrogen) atoms. The summed E-state index contributed by atoms with van der Waals surface area (Å²) in [5.41, 5.74) is 3.65. The Morgan fingerprint density at radius 3 is 3.05 bits per heavy atom. The van der Waals surface area contributed by atoms with Gasteiger partial charge in [-0.25, -0.2) is 9.97 Å². The third-order valence-corrected chi connectivity index (χ3v) is 3.75. The zero-order valence-corrected chi connectivity index (χ0v) is 12.3. The normalized spacial score (nSPS) is 18.4. The molecule has 1 N–H and O–H groups in total. The number of aromatic amines is 1. The Hall–Kier alpha value is -1.91. The van der Waals surface area contributed by atoms with E-state index in [0.29, 0.717) is 11.8 Å². The number of aromatic nitrogens is 4. The van der Waals surface area contributed by atoms with Crippen LogP contribution < -0.4 is 4.90 Å². The van der Waals surface area contributed by atoms with Crippen LogP contribution in [0.25, 0.3) is 0 Å². The summed E-state index contributed by atoms with van der Waals surface area (Å²) in [6, 6.07) is 2.12. The largest absolute Gasteiger partial charge is 0.351 e. The van der Waals surface area contributed by atoms with Crippen molar-refractivity contribution >= 4 is 5.82 Å². The van der Waals surface area contributed by atoms with Gasteiger partial charge in [-0.1, -0.05) is 20.8 Å². The van der Waals surface area contributed by atoms with Gasteiger partial charge in [0.2, 0.25) is 0 Å². The van der Waals surface area contributed by atoms with Gasteiger partial charge in [0.1, 0.15) is 12.1 Å². The van der Waals surface area contributed by atoms with Crippen LogP contribution in [0.2, 0.25) is 0 Å². The number of anilines is 1. The van der Waals surface area contributed by atoms with Crippen LogP contribution in [0.1, 0.15) is 43.6 Å². The van der Waals surface area contributed by atoms with Crippen molar-refractivity contribution in [3.63, 3.8) is 0 Å². The minimum Gasteiger partial charge on any atom is -0.351 e. The Bertz CT molecular complexity index is 589. The second-order valence-corrected chi connectivity index (χ2v) is 6.06. The van der Waals surface area contributed by atoms with Crippen molar-refractivity contribution in [2.45, 2.75) is 39.7 Å². The Morgan fingerprint density at radius 2 is 2.25 bits per heavy atom. The molecule has 0 aliphatic carbocycles. The number of nitrogens with zero attached hydrogens (tertiary/aromatic N) is 4. The maximum absolute atomic E-state index is 4.45. The van der Waals surface area contributed by atoms with Crippen LogP contribution in [0, 0.1) is 5.92 Å². The predicted molar refractivity (Wildman–Crippen MR) is 78.6 cm³/mol. The van der Waals surface area contributed by atoms with Crippen LogP contribution >= 0.6 is 0 Å². The third kappa shape index (κ3) is 2.53. The molecule has 0 saturated heterocycles. The van der Waals surface area contributed by atoms with E-state index in [2.05, 4.69) is 51.9 Å². The fourth-order valence-corrected chi connectivity index (χ4v) is 2.83. The van der Waals surface area contributed by atoms with E-state index in [4.69, 9.17) is 0 Å². The zero-order valence-electron chi connectivity index (χ0n) is 12.3. The van der Waals surface area contributed by atoms with Crippen LogP contribution in [-0.2, 0) is 13.0 Å². The molecule has 2 aromatic heterocycles. The summed E-state index contributed by atoms with van der Waals surface area (Å²) in [6.07, 6.45) is 4.60. The van der Waals surface area contributed by atoms with E-state index in [1.807, 2.05) is 6.20 Å². The molecule has 1 aliphatic rings. The molecular weight excluding hydrogens is 250 g/mol.